The molecule has 1 unspecified atom stereocenters. The number of hydrogen-bond acceptors (Lipinski definition) is 3. The van der Waals surface area contributed by atoms with Crippen LogP contribution in [0.3, 0.4) is 0 Å². The van der Waals surface area contributed by atoms with Gasteiger partial charge in [-0.25, -0.2) is 0 Å². The first-order valence-corrected chi connectivity index (χ1v) is 5.71. The third-order valence-corrected chi connectivity index (χ3v) is 2.77. The van der Waals surface area contributed by atoms with Gasteiger partial charge < -0.3 is 5.73 Å². The molecular formula is C11H14N4S. The van der Waals surface area contributed by atoms with Gasteiger partial charge in [0.25, 0.3) is 0 Å². The van der Waals surface area contributed by atoms with Crippen molar-refractivity contribution in [3.05, 3.63) is 30.1 Å². The van der Waals surface area contributed by atoms with Crippen molar-refractivity contribution in [2.24, 2.45) is 10.8 Å². The summed E-state index contributed by atoms with van der Waals surface area (Å²) in [4.78, 5) is 4.37. The molecule has 1 aromatic heterocycles. The van der Waals surface area contributed by atoms with E-state index in [-0.39, 0.29) is 5.11 Å². The molecule has 5 heteroatoms. The lowest BCUT2D eigenvalue weighted by atomic mass is 10.0. The lowest BCUT2D eigenvalue weighted by molar-refractivity contribution is 0.783. The van der Waals surface area contributed by atoms with E-state index in [2.05, 4.69) is 15.5 Å². The minimum absolute atomic E-state index is 0.208. The molecule has 1 fully saturated rings. The molecule has 1 aliphatic rings. The highest BCUT2D eigenvalue weighted by Crippen LogP contribution is 2.30. The van der Waals surface area contributed by atoms with E-state index in [9.17, 15) is 0 Å². The molecule has 0 aliphatic heterocycles. The van der Waals surface area contributed by atoms with Crippen molar-refractivity contribution in [1.82, 2.24) is 10.4 Å². The van der Waals surface area contributed by atoms with Crippen molar-refractivity contribution >= 4 is 23.0 Å². The molecule has 1 aromatic rings. The van der Waals surface area contributed by atoms with E-state index < -0.39 is 0 Å². The Labute approximate surface area is 99.9 Å². The quantitative estimate of drug-likeness (QED) is 0.602. The van der Waals surface area contributed by atoms with Crippen LogP contribution in [0.2, 0.25) is 0 Å². The lowest BCUT2D eigenvalue weighted by Gasteiger charge is -2.10. The summed E-state index contributed by atoms with van der Waals surface area (Å²) in [5.41, 5.74) is 10.2. The van der Waals surface area contributed by atoms with Crippen molar-refractivity contribution in [2.45, 2.75) is 25.2 Å². The minimum Gasteiger partial charge on any atom is -0.375 e. The Balaban J connectivity index is 2.15. The average molecular weight is 234 g/mol. The maximum Gasteiger partial charge on any atom is 0.184 e. The zero-order chi connectivity index (χ0) is 11.4. The molecule has 0 bridgehead atoms. The smallest absolute Gasteiger partial charge is 0.184 e. The average Bonchev–Trinajstić information content (AvgIpc) is 2.75. The first-order valence-electron chi connectivity index (χ1n) is 5.30. The molecule has 2 rings (SSSR count). The van der Waals surface area contributed by atoms with Gasteiger partial charge in [0.05, 0.1) is 0 Å². The van der Waals surface area contributed by atoms with Gasteiger partial charge in [-0.05, 0) is 43.6 Å². The van der Waals surface area contributed by atoms with E-state index in [1.807, 2.05) is 24.4 Å². The van der Waals surface area contributed by atoms with Crippen molar-refractivity contribution in [3.8, 4) is 0 Å². The second kappa shape index (κ2) is 5.03. The lowest BCUT2D eigenvalue weighted by Crippen LogP contribution is -2.26. The molecule has 0 radical (unpaired) electrons. The predicted octanol–water partition coefficient (Wildman–Crippen LogP) is 1.54. The second-order valence-electron chi connectivity index (χ2n) is 3.78. The van der Waals surface area contributed by atoms with E-state index in [4.69, 9.17) is 18.0 Å². The molecule has 0 saturated heterocycles. The molecular weight excluding hydrogens is 220 g/mol. The second-order valence-corrected chi connectivity index (χ2v) is 4.22. The molecule has 1 aliphatic carbocycles. The molecule has 0 amide bonds. The van der Waals surface area contributed by atoms with Crippen LogP contribution < -0.4 is 11.2 Å². The highest BCUT2D eigenvalue weighted by Gasteiger charge is 2.25. The highest BCUT2D eigenvalue weighted by molar-refractivity contribution is 7.80. The van der Waals surface area contributed by atoms with E-state index in [1.54, 1.807) is 0 Å². The normalized spacial score (nSPS) is 22.2. The van der Waals surface area contributed by atoms with Crippen molar-refractivity contribution in [3.63, 3.8) is 0 Å². The summed E-state index contributed by atoms with van der Waals surface area (Å²) in [6.45, 7) is 0. The van der Waals surface area contributed by atoms with Gasteiger partial charge in [-0.3, -0.25) is 10.4 Å². The number of nitrogens with one attached hydrogen (secondary N) is 1. The summed E-state index contributed by atoms with van der Waals surface area (Å²) in [5, 5.41) is 4.45. The zero-order valence-corrected chi connectivity index (χ0v) is 9.70. The van der Waals surface area contributed by atoms with Crippen LogP contribution in [-0.4, -0.2) is 15.8 Å². The summed E-state index contributed by atoms with van der Waals surface area (Å²) in [5.74, 6) is 0.308. The molecule has 4 nitrogen and oxygen atoms in total. The largest absolute Gasteiger partial charge is 0.375 e. The number of aromatic nitrogens is 1. The number of rotatable bonds is 2. The van der Waals surface area contributed by atoms with Gasteiger partial charge in [0.15, 0.2) is 5.11 Å². The third-order valence-electron chi connectivity index (χ3n) is 2.68. The van der Waals surface area contributed by atoms with E-state index in [0.717, 1.165) is 30.7 Å². The number of pyridine rings is 1. The molecule has 84 valence electrons. The van der Waals surface area contributed by atoms with E-state index >= 15 is 0 Å². The van der Waals surface area contributed by atoms with Gasteiger partial charge in [0, 0.05) is 23.5 Å². The summed E-state index contributed by atoms with van der Waals surface area (Å²) in [6.07, 6.45) is 5.02. The number of nitrogens with two attached hydrogens (primary N) is 1. The summed E-state index contributed by atoms with van der Waals surface area (Å²) in [7, 11) is 0. The first kappa shape index (κ1) is 11.0. The Hall–Kier alpha value is -1.49. The van der Waals surface area contributed by atoms with Crippen LogP contribution in [0.25, 0.3) is 0 Å². The monoisotopic (exact) mass is 234 g/mol. The van der Waals surface area contributed by atoms with E-state index in [1.165, 1.54) is 0 Å². The predicted molar refractivity (Wildman–Crippen MR) is 68.2 cm³/mol. The summed E-state index contributed by atoms with van der Waals surface area (Å²) < 4.78 is 0. The number of thiocarbonyl (C=S) groups is 1. The molecule has 1 saturated carbocycles. The van der Waals surface area contributed by atoms with Gasteiger partial charge in [-0.1, -0.05) is 6.07 Å². The number of hydrogen-bond donors (Lipinski definition) is 2. The Kier molecular flexibility index (Phi) is 3.46. The Bertz CT molecular complexity index is 402. The van der Waals surface area contributed by atoms with Gasteiger partial charge in [-0.2, -0.15) is 5.10 Å². The summed E-state index contributed by atoms with van der Waals surface area (Å²) in [6, 6.07) is 5.95. The number of hydrazone groups is 1. The van der Waals surface area contributed by atoms with Crippen molar-refractivity contribution in [2.75, 3.05) is 0 Å². The van der Waals surface area contributed by atoms with Crippen molar-refractivity contribution in [1.29, 1.82) is 0 Å². The van der Waals surface area contributed by atoms with E-state index in [0.29, 0.717) is 5.92 Å². The zero-order valence-electron chi connectivity index (χ0n) is 8.89. The van der Waals surface area contributed by atoms with Gasteiger partial charge in [-0.15, -0.1) is 0 Å². The maximum atomic E-state index is 5.35. The van der Waals surface area contributed by atoms with Crippen LogP contribution in [0.4, 0.5) is 0 Å². The SMILES string of the molecule is NC(=S)N/N=C1/CCCC1c1ccccn1. The van der Waals surface area contributed by atoms with Crippen LogP contribution in [0.1, 0.15) is 30.9 Å². The fourth-order valence-electron chi connectivity index (χ4n) is 1.99. The molecule has 16 heavy (non-hydrogen) atoms. The molecule has 0 aromatic carbocycles. The Morgan fingerprint density at radius 1 is 1.56 bits per heavy atom. The standard InChI is InChI=1S/C11H14N4S/c12-11(16)15-14-10-6-3-4-8(10)9-5-1-2-7-13-9/h1-2,5,7-8H,3-4,6H2,(H3,12,15,16)/b14-10-. The van der Waals surface area contributed by atoms with Crippen molar-refractivity contribution < 1.29 is 0 Å². The Morgan fingerprint density at radius 3 is 3.12 bits per heavy atom. The molecule has 1 heterocycles. The van der Waals surface area contributed by atoms with Gasteiger partial charge in [0.1, 0.15) is 0 Å². The van der Waals surface area contributed by atoms with Crippen LogP contribution in [0.5, 0.6) is 0 Å². The molecule has 3 N–H and O–H groups in total. The highest BCUT2D eigenvalue weighted by atomic mass is 32.1. The van der Waals surface area contributed by atoms with Crippen LogP contribution in [-0.2, 0) is 0 Å². The van der Waals surface area contributed by atoms with Crippen LogP contribution >= 0.6 is 12.2 Å². The first-order chi connectivity index (χ1) is 7.77. The van der Waals surface area contributed by atoms with Gasteiger partial charge >= 0.3 is 0 Å². The third kappa shape index (κ3) is 2.55. The van der Waals surface area contributed by atoms with Crippen LogP contribution in [0, 0.1) is 0 Å². The van der Waals surface area contributed by atoms with Gasteiger partial charge in [0.2, 0.25) is 0 Å². The number of nitrogens with zero attached hydrogens (tertiary/aromatic N) is 2. The topological polar surface area (TPSA) is 63.3 Å². The Morgan fingerprint density at radius 2 is 2.44 bits per heavy atom. The molecule has 1 atom stereocenters. The fraction of sp³-hybridized carbons (Fsp3) is 0.364. The summed E-state index contributed by atoms with van der Waals surface area (Å²) >= 11 is 4.73. The fourth-order valence-corrected chi connectivity index (χ4v) is 2.04. The minimum atomic E-state index is 0.208. The maximum absolute atomic E-state index is 5.35. The molecule has 0 spiro atoms. The van der Waals surface area contributed by atoms with Crippen LogP contribution in [0.15, 0.2) is 29.5 Å².